The highest BCUT2D eigenvalue weighted by atomic mass is 32.1. The van der Waals surface area contributed by atoms with Crippen LogP contribution in [0.4, 0.5) is 11.4 Å². The Labute approximate surface area is 123 Å². The highest BCUT2D eigenvalue weighted by molar-refractivity contribution is 7.11. The first-order valence-corrected chi connectivity index (χ1v) is 6.85. The zero-order valence-electron chi connectivity index (χ0n) is 10.9. The zero-order valence-corrected chi connectivity index (χ0v) is 11.7. The standard InChI is InChI=1S/C13H9N3O4S/c1-7-14-5-9(21-7)6-15-11-3-2-8(16(19)20)4-10(11)12(17)13(15)18/h2-5H,6H2,1H3. The summed E-state index contributed by atoms with van der Waals surface area (Å²) >= 11 is 1.44. The molecule has 2 heterocycles. The number of hydrogen-bond donors (Lipinski definition) is 0. The summed E-state index contributed by atoms with van der Waals surface area (Å²) in [5.41, 5.74) is 0.280. The molecule has 21 heavy (non-hydrogen) atoms. The lowest BCUT2D eigenvalue weighted by Gasteiger charge is -2.14. The molecule has 1 aliphatic heterocycles. The number of non-ortho nitro benzene ring substituents is 1. The number of carbonyl (C=O) groups is 2. The maximum Gasteiger partial charge on any atom is 0.299 e. The number of amides is 1. The van der Waals surface area contributed by atoms with Crippen LogP contribution in [0.2, 0.25) is 0 Å². The summed E-state index contributed by atoms with van der Waals surface area (Å²) in [6.45, 7) is 2.09. The van der Waals surface area contributed by atoms with E-state index < -0.39 is 16.6 Å². The molecule has 1 aromatic carbocycles. The van der Waals surface area contributed by atoms with Gasteiger partial charge in [0.15, 0.2) is 0 Å². The Kier molecular flexibility index (Phi) is 3.02. The molecule has 3 rings (SSSR count). The minimum atomic E-state index is -0.713. The van der Waals surface area contributed by atoms with Crippen molar-refractivity contribution in [3.8, 4) is 0 Å². The van der Waals surface area contributed by atoms with Gasteiger partial charge in [-0.1, -0.05) is 0 Å². The lowest BCUT2D eigenvalue weighted by molar-refractivity contribution is -0.384. The van der Waals surface area contributed by atoms with Crippen LogP contribution in [0.25, 0.3) is 0 Å². The predicted octanol–water partition coefficient (Wildman–Crippen LogP) is 2.09. The molecule has 0 radical (unpaired) electrons. The van der Waals surface area contributed by atoms with E-state index in [-0.39, 0.29) is 17.8 Å². The molecule has 0 saturated heterocycles. The van der Waals surface area contributed by atoms with Crippen LogP contribution in [0, 0.1) is 17.0 Å². The number of aromatic nitrogens is 1. The van der Waals surface area contributed by atoms with Crippen LogP contribution in [0.3, 0.4) is 0 Å². The molecule has 0 unspecified atom stereocenters. The van der Waals surface area contributed by atoms with Crippen LogP contribution in [0.15, 0.2) is 24.4 Å². The topological polar surface area (TPSA) is 93.4 Å². The molecule has 1 amide bonds. The Morgan fingerprint density at radius 1 is 1.38 bits per heavy atom. The van der Waals surface area contributed by atoms with Gasteiger partial charge in [-0.15, -0.1) is 11.3 Å². The van der Waals surface area contributed by atoms with Gasteiger partial charge >= 0.3 is 0 Å². The van der Waals surface area contributed by atoms with Gasteiger partial charge in [-0.25, -0.2) is 4.98 Å². The number of ketones is 1. The second-order valence-corrected chi connectivity index (χ2v) is 5.84. The van der Waals surface area contributed by atoms with E-state index in [1.807, 2.05) is 6.92 Å². The second-order valence-electron chi connectivity index (χ2n) is 4.52. The van der Waals surface area contributed by atoms with Crippen molar-refractivity contribution >= 4 is 34.4 Å². The van der Waals surface area contributed by atoms with E-state index in [9.17, 15) is 19.7 Å². The summed E-state index contributed by atoms with van der Waals surface area (Å²) in [4.78, 5) is 40.4. The van der Waals surface area contributed by atoms with E-state index in [2.05, 4.69) is 4.98 Å². The molecule has 2 aromatic rings. The number of rotatable bonds is 3. The van der Waals surface area contributed by atoms with Gasteiger partial charge in [0, 0.05) is 23.2 Å². The summed E-state index contributed by atoms with van der Waals surface area (Å²) in [6, 6.07) is 3.87. The summed E-state index contributed by atoms with van der Waals surface area (Å²) in [7, 11) is 0. The number of thiazole rings is 1. The van der Waals surface area contributed by atoms with Crippen molar-refractivity contribution in [1.82, 2.24) is 4.98 Å². The number of carbonyl (C=O) groups excluding carboxylic acids is 2. The van der Waals surface area contributed by atoms with Gasteiger partial charge in [-0.3, -0.25) is 24.6 Å². The third kappa shape index (κ3) is 2.19. The first-order chi connectivity index (χ1) is 9.97. The van der Waals surface area contributed by atoms with Gasteiger partial charge < -0.3 is 0 Å². The number of anilines is 1. The molecule has 0 saturated carbocycles. The number of aryl methyl sites for hydroxylation is 1. The van der Waals surface area contributed by atoms with E-state index in [0.717, 1.165) is 16.0 Å². The average molecular weight is 303 g/mol. The highest BCUT2D eigenvalue weighted by Gasteiger charge is 2.37. The minimum absolute atomic E-state index is 0.0791. The van der Waals surface area contributed by atoms with Crippen molar-refractivity contribution in [2.24, 2.45) is 0 Å². The second kappa shape index (κ2) is 4.74. The van der Waals surface area contributed by atoms with Gasteiger partial charge in [-0.05, 0) is 13.0 Å². The number of nitro benzene ring substituents is 1. The van der Waals surface area contributed by atoms with Crippen LogP contribution in [0.1, 0.15) is 20.2 Å². The number of nitro groups is 1. The van der Waals surface area contributed by atoms with Crippen LogP contribution >= 0.6 is 11.3 Å². The summed E-state index contributed by atoms with van der Waals surface area (Å²) in [5, 5.41) is 11.6. The fourth-order valence-electron chi connectivity index (χ4n) is 2.19. The van der Waals surface area contributed by atoms with Crippen LogP contribution in [0.5, 0.6) is 0 Å². The Morgan fingerprint density at radius 3 is 2.76 bits per heavy atom. The maximum atomic E-state index is 12.0. The molecule has 0 atom stereocenters. The van der Waals surface area contributed by atoms with Crippen molar-refractivity contribution < 1.29 is 14.5 Å². The lowest BCUT2D eigenvalue weighted by atomic mass is 10.1. The Bertz CT molecular complexity index is 783. The van der Waals surface area contributed by atoms with Crippen LogP contribution in [-0.4, -0.2) is 21.6 Å². The smallest absolute Gasteiger partial charge is 0.299 e. The Balaban J connectivity index is 2.00. The van der Waals surface area contributed by atoms with Crippen molar-refractivity contribution in [1.29, 1.82) is 0 Å². The normalized spacial score (nSPS) is 13.7. The van der Waals surface area contributed by atoms with Gasteiger partial charge in [0.2, 0.25) is 0 Å². The molecule has 0 aliphatic carbocycles. The molecule has 0 spiro atoms. The first kappa shape index (κ1) is 13.4. The molecule has 8 heteroatoms. The van der Waals surface area contributed by atoms with E-state index in [1.165, 1.54) is 28.4 Å². The number of nitrogens with zero attached hydrogens (tertiary/aromatic N) is 3. The molecular formula is C13H9N3O4S. The maximum absolute atomic E-state index is 12.0. The van der Waals surface area contributed by atoms with Crippen molar-refractivity contribution in [2.45, 2.75) is 13.5 Å². The fourth-order valence-corrected chi connectivity index (χ4v) is 2.98. The Hall–Kier alpha value is -2.61. The molecule has 1 aromatic heterocycles. The summed E-state index contributed by atoms with van der Waals surface area (Å²) < 4.78 is 0. The van der Waals surface area contributed by atoms with Gasteiger partial charge in [0.25, 0.3) is 17.4 Å². The van der Waals surface area contributed by atoms with E-state index in [0.29, 0.717) is 5.69 Å². The molecule has 1 aliphatic rings. The van der Waals surface area contributed by atoms with E-state index >= 15 is 0 Å². The van der Waals surface area contributed by atoms with Crippen LogP contribution in [-0.2, 0) is 11.3 Å². The number of benzene rings is 1. The van der Waals surface area contributed by atoms with Gasteiger partial charge in [-0.2, -0.15) is 0 Å². The average Bonchev–Trinajstić information content (AvgIpc) is 2.96. The van der Waals surface area contributed by atoms with E-state index in [4.69, 9.17) is 0 Å². The molecule has 0 bridgehead atoms. The third-order valence-corrected chi connectivity index (χ3v) is 4.05. The summed E-state index contributed by atoms with van der Waals surface area (Å²) in [5.74, 6) is -1.38. The predicted molar refractivity (Wildman–Crippen MR) is 75.5 cm³/mol. The monoisotopic (exact) mass is 303 g/mol. The molecule has 106 valence electrons. The third-order valence-electron chi connectivity index (χ3n) is 3.15. The van der Waals surface area contributed by atoms with Crippen LogP contribution < -0.4 is 4.90 Å². The van der Waals surface area contributed by atoms with Crippen molar-refractivity contribution in [3.63, 3.8) is 0 Å². The summed E-state index contributed by atoms with van der Waals surface area (Å²) in [6.07, 6.45) is 1.65. The number of hydrogen-bond acceptors (Lipinski definition) is 6. The largest absolute Gasteiger partial charge is 0.299 e. The zero-order chi connectivity index (χ0) is 15.1. The molecule has 7 nitrogen and oxygen atoms in total. The highest BCUT2D eigenvalue weighted by Crippen LogP contribution is 2.33. The Morgan fingerprint density at radius 2 is 2.14 bits per heavy atom. The first-order valence-electron chi connectivity index (χ1n) is 6.03. The number of Topliss-reactive ketones (excluding diaryl/α,β-unsaturated/α-hetero) is 1. The molecule has 0 N–H and O–H groups in total. The minimum Gasteiger partial charge on any atom is -0.299 e. The molecular weight excluding hydrogens is 294 g/mol. The van der Waals surface area contributed by atoms with E-state index in [1.54, 1.807) is 6.20 Å². The van der Waals surface area contributed by atoms with Gasteiger partial charge in [0.1, 0.15) is 0 Å². The number of fused-ring (bicyclic) bond motifs is 1. The SMILES string of the molecule is Cc1ncc(CN2C(=O)C(=O)c3cc([N+](=O)[O-])ccc32)s1. The lowest BCUT2D eigenvalue weighted by Crippen LogP contribution is -2.28. The fraction of sp³-hybridized carbons (Fsp3) is 0.154. The van der Waals surface area contributed by atoms with Gasteiger partial charge in [0.05, 0.1) is 27.7 Å². The molecule has 0 fully saturated rings. The van der Waals surface area contributed by atoms with Crippen molar-refractivity contribution in [2.75, 3.05) is 4.90 Å². The van der Waals surface area contributed by atoms with Crippen molar-refractivity contribution in [3.05, 3.63) is 50.0 Å². The quantitative estimate of drug-likeness (QED) is 0.491.